The van der Waals surface area contributed by atoms with Crippen molar-refractivity contribution in [2.45, 2.75) is 19.8 Å². The summed E-state index contributed by atoms with van der Waals surface area (Å²) < 4.78 is 0. The zero-order chi connectivity index (χ0) is 13.8. The van der Waals surface area contributed by atoms with Crippen molar-refractivity contribution in [2.75, 3.05) is 5.32 Å². The second kappa shape index (κ2) is 6.32. The molecule has 1 aromatic carbocycles. The molecule has 0 spiro atoms. The fourth-order valence-electron chi connectivity index (χ4n) is 1.45. The molecular weight excluding hydrogens is 305 g/mol. The summed E-state index contributed by atoms with van der Waals surface area (Å²) in [6.45, 7) is 1.99. The molecule has 0 saturated carbocycles. The van der Waals surface area contributed by atoms with Crippen LogP contribution >= 0.6 is 34.5 Å². The topological polar surface area (TPSA) is 54.9 Å². The van der Waals surface area contributed by atoms with E-state index in [2.05, 4.69) is 15.5 Å². The number of hydrogen-bond donors (Lipinski definition) is 1. The Labute approximate surface area is 124 Å². The van der Waals surface area contributed by atoms with Crippen LogP contribution in [0.15, 0.2) is 18.2 Å². The van der Waals surface area contributed by atoms with Gasteiger partial charge in [0.15, 0.2) is 0 Å². The van der Waals surface area contributed by atoms with Gasteiger partial charge >= 0.3 is 0 Å². The number of nitrogens with one attached hydrogen (secondary N) is 1. The molecule has 2 aromatic rings. The van der Waals surface area contributed by atoms with Crippen molar-refractivity contribution in [3.8, 4) is 0 Å². The molecule has 1 aromatic heterocycles. The maximum absolute atomic E-state index is 11.8. The van der Waals surface area contributed by atoms with Crippen LogP contribution in [0.3, 0.4) is 0 Å². The van der Waals surface area contributed by atoms with Gasteiger partial charge in [-0.1, -0.05) is 47.5 Å². The van der Waals surface area contributed by atoms with Gasteiger partial charge in [0, 0.05) is 0 Å². The largest absolute Gasteiger partial charge is 0.300 e. The minimum absolute atomic E-state index is 0.155. The average Bonchev–Trinajstić information content (AvgIpc) is 2.81. The van der Waals surface area contributed by atoms with Crippen molar-refractivity contribution in [3.63, 3.8) is 0 Å². The first kappa shape index (κ1) is 14.2. The molecule has 19 heavy (non-hydrogen) atoms. The summed E-state index contributed by atoms with van der Waals surface area (Å²) >= 11 is 13.1. The van der Waals surface area contributed by atoms with Crippen molar-refractivity contribution in [1.82, 2.24) is 10.2 Å². The molecule has 0 radical (unpaired) electrons. The number of halogens is 2. The molecule has 100 valence electrons. The molecule has 0 saturated heterocycles. The van der Waals surface area contributed by atoms with Crippen LogP contribution in [0.1, 0.15) is 17.5 Å². The highest BCUT2D eigenvalue weighted by atomic mass is 35.5. The molecule has 2 rings (SSSR count). The highest BCUT2D eigenvalue weighted by Gasteiger charge is 2.09. The fraction of sp³-hybridized carbons (Fsp3) is 0.250. The number of aryl methyl sites for hydroxylation is 1. The maximum atomic E-state index is 11.8. The third-order valence-corrected chi connectivity index (χ3v) is 4.09. The van der Waals surface area contributed by atoms with Crippen molar-refractivity contribution >= 4 is 45.6 Å². The Hall–Kier alpha value is -1.17. The number of rotatable bonds is 4. The quantitative estimate of drug-likeness (QED) is 0.938. The predicted octanol–water partition coefficient (Wildman–Crippen LogP) is 3.59. The van der Waals surface area contributed by atoms with E-state index in [1.54, 1.807) is 18.2 Å². The molecule has 1 heterocycles. The smallest absolute Gasteiger partial charge is 0.230 e. The van der Waals surface area contributed by atoms with Gasteiger partial charge in [-0.05, 0) is 24.1 Å². The molecule has 0 aliphatic heterocycles. The van der Waals surface area contributed by atoms with Crippen molar-refractivity contribution in [2.24, 2.45) is 0 Å². The number of anilines is 1. The molecule has 0 aliphatic carbocycles. The number of aromatic nitrogens is 2. The van der Waals surface area contributed by atoms with Gasteiger partial charge in [-0.15, -0.1) is 10.2 Å². The minimum Gasteiger partial charge on any atom is -0.300 e. The summed E-state index contributed by atoms with van der Waals surface area (Å²) in [6, 6.07) is 5.12. The lowest BCUT2D eigenvalue weighted by atomic mass is 10.1. The predicted molar refractivity (Wildman–Crippen MR) is 78.1 cm³/mol. The lowest BCUT2D eigenvalue weighted by Crippen LogP contribution is -2.14. The Bertz CT molecular complexity index is 600. The van der Waals surface area contributed by atoms with Crippen LogP contribution in [0.5, 0.6) is 0 Å². The summed E-state index contributed by atoms with van der Waals surface area (Å²) in [7, 11) is 0. The van der Waals surface area contributed by atoms with Crippen molar-refractivity contribution < 1.29 is 4.79 Å². The van der Waals surface area contributed by atoms with E-state index >= 15 is 0 Å². The van der Waals surface area contributed by atoms with Crippen molar-refractivity contribution in [3.05, 3.63) is 38.8 Å². The molecule has 0 bridgehead atoms. The van der Waals surface area contributed by atoms with Crippen LogP contribution in [0.4, 0.5) is 5.13 Å². The zero-order valence-electron chi connectivity index (χ0n) is 10.1. The van der Waals surface area contributed by atoms with Gasteiger partial charge in [0.25, 0.3) is 0 Å². The number of benzene rings is 1. The Morgan fingerprint density at radius 1 is 1.32 bits per heavy atom. The molecular formula is C12H11Cl2N3OS. The minimum atomic E-state index is -0.155. The molecule has 7 heteroatoms. The van der Waals surface area contributed by atoms with Crippen LogP contribution in [0, 0.1) is 0 Å². The van der Waals surface area contributed by atoms with Gasteiger partial charge in [0.1, 0.15) is 5.01 Å². The monoisotopic (exact) mass is 315 g/mol. The van der Waals surface area contributed by atoms with Gasteiger partial charge in [-0.2, -0.15) is 0 Å². The van der Waals surface area contributed by atoms with E-state index in [0.717, 1.165) is 17.0 Å². The van der Waals surface area contributed by atoms with Crippen LogP contribution in [-0.4, -0.2) is 16.1 Å². The Morgan fingerprint density at radius 3 is 2.74 bits per heavy atom. The van der Waals surface area contributed by atoms with E-state index in [9.17, 15) is 4.79 Å². The number of hydrogen-bond acceptors (Lipinski definition) is 4. The maximum Gasteiger partial charge on any atom is 0.230 e. The highest BCUT2D eigenvalue weighted by Crippen LogP contribution is 2.23. The first-order valence-corrected chi connectivity index (χ1v) is 7.22. The molecule has 1 N–H and O–H groups in total. The zero-order valence-corrected chi connectivity index (χ0v) is 12.4. The first-order valence-electron chi connectivity index (χ1n) is 5.64. The summed E-state index contributed by atoms with van der Waals surface area (Å²) in [4.78, 5) is 11.8. The van der Waals surface area contributed by atoms with E-state index in [1.165, 1.54) is 11.3 Å². The molecule has 0 fully saturated rings. The molecule has 0 aliphatic rings. The first-order chi connectivity index (χ1) is 9.08. The lowest BCUT2D eigenvalue weighted by molar-refractivity contribution is -0.115. The average molecular weight is 316 g/mol. The SMILES string of the molecule is CCc1nnc(NC(=O)Cc2ccc(Cl)c(Cl)c2)s1. The molecule has 1 amide bonds. The Balaban J connectivity index is 1.98. The summed E-state index contributed by atoms with van der Waals surface area (Å²) in [6.07, 6.45) is 1.03. The summed E-state index contributed by atoms with van der Waals surface area (Å²) in [5, 5.41) is 12.9. The standard InChI is InChI=1S/C12H11Cl2N3OS/c1-2-11-16-17-12(19-11)15-10(18)6-7-3-4-8(13)9(14)5-7/h3-5H,2,6H2,1H3,(H,15,17,18). The van der Waals surface area contributed by atoms with Crippen LogP contribution in [0.25, 0.3) is 0 Å². The fourth-order valence-corrected chi connectivity index (χ4v) is 2.46. The highest BCUT2D eigenvalue weighted by molar-refractivity contribution is 7.15. The molecule has 0 unspecified atom stereocenters. The van der Waals surface area contributed by atoms with Crippen LogP contribution in [0.2, 0.25) is 10.0 Å². The Kier molecular flexibility index (Phi) is 4.74. The third kappa shape index (κ3) is 3.89. The summed E-state index contributed by atoms with van der Waals surface area (Å²) in [5.41, 5.74) is 0.798. The third-order valence-electron chi connectivity index (χ3n) is 2.36. The normalized spacial score (nSPS) is 10.5. The number of nitrogens with zero attached hydrogens (tertiary/aromatic N) is 2. The van der Waals surface area contributed by atoms with Crippen LogP contribution < -0.4 is 5.32 Å². The second-order valence-electron chi connectivity index (χ2n) is 3.83. The van der Waals surface area contributed by atoms with Crippen LogP contribution in [-0.2, 0) is 17.6 Å². The van der Waals surface area contributed by atoms with Gasteiger partial charge < -0.3 is 5.32 Å². The van der Waals surface area contributed by atoms with Gasteiger partial charge in [-0.25, -0.2) is 0 Å². The number of carbonyl (C=O) groups is 1. The Morgan fingerprint density at radius 2 is 2.11 bits per heavy atom. The van der Waals surface area contributed by atoms with E-state index in [0.29, 0.717) is 15.2 Å². The number of carbonyl (C=O) groups excluding carboxylic acids is 1. The van der Waals surface area contributed by atoms with E-state index < -0.39 is 0 Å². The van der Waals surface area contributed by atoms with Gasteiger partial charge in [0.2, 0.25) is 11.0 Å². The van der Waals surface area contributed by atoms with Gasteiger partial charge in [-0.3, -0.25) is 4.79 Å². The van der Waals surface area contributed by atoms with E-state index in [-0.39, 0.29) is 12.3 Å². The number of amides is 1. The van der Waals surface area contributed by atoms with E-state index in [1.807, 2.05) is 6.92 Å². The van der Waals surface area contributed by atoms with Gasteiger partial charge in [0.05, 0.1) is 16.5 Å². The molecule has 0 atom stereocenters. The molecule has 4 nitrogen and oxygen atoms in total. The van der Waals surface area contributed by atoms with E-state index in [4.69, 9.17) is 23.2 Å². The summed E-state index contributed by atoms with van der Waals surface area (Å²) in [5.74, 6) is -0.155. The van der Waals surface area contributed by atoms with Crippen molar-refractivity contribution in [1.29, 1.82) is 0 Å². The second-order valence-corrected chi connectivity index (χ2v) is 5.70. The lowest BCUT2D eigenvalue weighted by Gasteiger charge is -2.03.